The van der Waals surface area contributed by atoms with Crippen LogP contribution in [0, 0.1) is 0 Å². The van der Waals surface area contributed by atoms with E-state index in [4.69, 9.17) is 4.74 Å². The number of nitrogens with one attached hydrogen (secondary N) is 2. The molecule has 2 N–H and O–H groups in total. The number of aromatic amines is 1. The molecule has 1 unspecified atom stereocenters. The number of hydrogen-bond donors (Lipinski definition) is 2. The lowest BCUT2D eigenvalue weighted by Gasteiger charge is -2.33. The molecule has 6 nitrogen and oxygen atoms in total. The molecule has 0 spiro atoms. The number of benzene rings is 1. The summed E-state index contributed by atoms with van der Waals surface area (Å²) in [5.74, 6) is 0.111. The van der Waals surface area contributed by atoms with E-state index in [0.717, 1.165) is 36.8 Å². The number of carbonyl (C=O) groups excluding carboxylic acids is 1. The quantitative estimate of drug-likeness (QED) is 0.905. The van der Waals surface area contributed by atoms with E-state index in [-0.39, 0.29) is 12.0 Å². The summed E-state index contributed by atoms with van der Waals surface area (Å²) in [4.78, 5) is 14.6. The molecule has 1 saturated heterocycles. The Morgan fingerprint density at radius 1 is 1.38 bits per heavy atom. The van der Waals surface area contributed by atoms with E-state index < -0.39 is 0 Å². The van der Waals surface area contributed by atoms with Crippen LogP contribution in [0.25, 0.3) is 0 Å². The average Bonchev–Trinajstić information content (AvgIpc) is 3.06. The van der Waals surface area contributed by atoms with Gasteiger partial charge >= 0.3 is 0 Å². The van der Waals surface area contributed by atoms with Crippen molar-refractivity contribution in [3.05, 3.63) is 41.7 Å². The molecule has 128 valence electrons. The van der Waals surface area contributed by atoms with Crippen molar-refractivity contribution in [2.45, 2.75) is 32.8 Å². The zero-order valence-corrected chi connectivity index (χ0v) is 14.4. The molecule has 1 fully saturated rings. The minimum Gasteiger partial charge on any atom is -0.375 e. The predicted molar refractivity (Wildman–Crippen MR) is 94.7 cm³/mol. The van der Waals surface area contributed by atoms with Crippen LogP contribution in [0.4, 0.5) is 11.4 Å². The van der Waals surface area contributed by atoms with Crippen molar-refractivity contribution in [1.29, 1.82) is 0 Å². The second-order valence-electron chi connectivity index (χ2n) is 6.49. The Bertz CT molecular complexity index is 693. The highest BCUT2D eigenvalue weighted by atomic mass is 16.5. The maximum Gasteiger partial charge on any atom is 0.276 e. The number of ether oxygens (including phenoxy) is 1. The number of morpholine rings is 1. The molecule has 1 aromatic carbocycles. The van der Waals surface area contributed by atoms with Crippen LogP contribution in [0.5, 0.6) is 0 Å². The van der Waals surface area contributed by atoms with Gasteiger partial charge in [0.15, 0.2) is 5.69 Å². The number of rotatable bonds is 4. The van der Waals surface area contributed by atoms with Crippen molar-refractivity contribution in [3.8, 4) is 0 Å². The molecule has 2 heterocycles. The highest BCUT2D eigenvalue weighted by molar-refractivity contribution is 6.03. The molecule has 24 heavy (non-hydrogen) atoms. The standard InChI is InChI=1S/C18H24N4O2/c1-12(2)16-10-17(21-20-16)18(23)19-14-4-6-15(7-5-14)22-8-9-24-13(3)11-22/h4-7,10,12-13H,8-9,11H2,1-3H3,(H,19,23)(H,20,21). The molecule has 0 radical (unpaired) electrons. The number of H-pyrrole nitrogens is 1. The zero-order valence-electron chi connectivity index (χ0n) is 14.4. The zero-order chi connectivity index (χ0) is 17.1. The van der Waals surface area contributed by atoms with Gasteiger partial charge in [-0.15, -0.1) is 0 Å². The summed E-state index contributed by atoms with van der Waals surface area (Å²) in [6.45, 7) is 8.71. The summed E-state index contributed by atoms with van der Waals surface area (Å²) in [6.07, 6.45) is 0.243. The average molecular weight is 328 g/mol. The van der Waals surface area contributed by atoms with Gasteiger partial charge in [0.2, 0.25) is 0 Å². The highest BCUT2D eigenvalue weighted by Gasteiger charge is 2.17. The van der Waals surface area contributed by atoms with Crippen molar-refractivity contribution in [2.24, 2.45) is 0 Å². The molecule has 1 amide bonds. The Morgan fingerprint density at radius 3 is 2.75 bits per heavy atom. The van der Waals surface area contributed by atoms with Crippen LogP contribution in [0.1, 0.15) is 42.9 Å². The third kappa shape index (κ3) is 3.76. The van der Waals surface area contributed by atoms with E-state index in [1.165, 1.54) is 0 Å². The van der Waals surface area contributed by atoms with Crippen molar-refractivity contribution >= 4 is 17.3 Å². The Balaban J connectivity index is 1.64. The van der Waals surface area contributed by atoms with Crippen LogP contribution >= 0.6 is 0 Å². The third-order valence-corrected chi connectivity index (χ3v) is 4.18. The van der Waals surface area contributed by atoms with Crippen molar-refractivity contribution in [1.82, 2.24) is 10.2 Å². The van der Waals surface area contributed by atoms with E-state index in [1.807, 2.05) is 24.3 Å². The monoisotopic (exact) mass is 328 g/mol. The smallest absolute Gasteiger partial charge is 0.276 e. The Hall–Kier alpha value is -2.34. The van der Waals surface area contributed by atoms with Gasteiger partial charge in [0.25, 0.3) is 5.91 Å². The molecule has 2 aromatic rings. The molecular weight excluding hydrogens is 304 g/mol. The number of aromatic nitrogens is 2. The largest absolute Gasteiger partial charge is 0.375 e. The van der Waals surface area contributed by atoms with Gasteiger partial charge in [-0.2, -0.15) is 5.10 Å². The molecule has 1 aliphatic heterocycles. The first-order valence-corrected chi connectivity index (χ1v) is 8.36. The first-order valence-electron chi connectivity index (χ1n) is 8.36. The summed E-state index contributed by atoms with van der Waals surface area (Å²) < 4.78 is 5.57. The third-order valence-electron chi connectivity index (χ3n) is 4.18. The lowest BCUT2D eigenvalue weighted by atomic mass is 10.1. The molecule has 0 saturated carbocycles. The van der Waals surface area contributed by atoms with Crippen LogP contribution in [-0.2, 0) is 4.74 Å². The highest BCUT2D eigenvalue weighted by Crippen LogP contribution is 2.21. The van der Waals surface area contributed by atoms with E-state index in [1.54, 1.807) is 6.07 Å². The molecule has 1 atom stereocenters. The van der Waals surface area contributed by atoms with E-state index >= 15 is 0 Å². The van der Waals surface area contributed by atoms with Gasteiger partial charge < -0.3 is 15.0 Å². The number of nitrogens with zero attached hydrogens (tertiary/aromatic N) is 2. The van der Waals surface area contributed by atoms with Gasteiger partial charge in [0.05, 0.1) is 12.7 Å². The molecular formula is C18H24N4O2. The van der Waals surface area contributed by atoms with Crippen molar-refractivity contribution < 1.29 is 9.53 Å². The first kappa shape index (κ1) is 16.5. The Morgan fingerprint density at radius 2 is 2.12 bits per heavy atom. The molecule has 0 aliphatic carbocycles. The van der Waals surface area contributed by atoms with Gasteiger partial charge in [-0.05, 0) is 43.2 Å². The van der Waals surface area contributed by atoms with Gasteiger partial charge in [-0.3, -0.25) is 9.89 Å². The van der Waals surface area contributed by atoms with Crippen LogP contribution in [0.2, 0.25) is 0 Å². The summed E-state index contributed by atoms with van der Waals surface area (Å²) >= 11 is 0. The SMILES string of the molecule is CC1CN(c2ccc(NC(=O)c3cc(C(C)C)[nH]n3)cc2)CCO1. The fourth-order valence-electron chi connectivity index (χ4n) is 2.75. The molecule has 1 aromatic heterocycles. The normalized spacial score (nSPS) is 18.0. The maximum atomic E-state index is 12.3. The van der Waals surface area contributed by atoms with Crippen molar-refractivity contribution in [3.63, 3.8) is 0 Å². The fraction of sp³-hybridized carbons (Fsp3) is 0.444. The van der Waals surface area contributed by atoms with Crippen LogP contribution in [0.15, 0.2) is 30.3 Å². The molecule has 1 aliphatic rings. The molecule has 3 rings (SSSR count). The second kappa shape index (κ2) is 7.05. The van der Waals surface area contributed by atoms with Crippen molar-refractivity contribution in [2.75, 3.05) is 29.9 Å². The van der Waals surface area contributed by atoms with Gasteiger partial charge in [-0.1, -0.05) is 13.8 Å². The van der Waals surface area contributed by atoms with Gasteiger partial charge in [-0.25, -0.2) is 0 Å². The fourth-order valence-corrected chi connectivity index (χ4v) is 2.75. The summed E-state index contributed by atoms with van der Waals surface area (Å²) in [5, 5.41) is 9.86. The van der Waals surface area contributed by atoms with Crippen LogP contribution in [-0.4, -0.2) is 41.9 Å². The minimum atomic E-state index is -0.203. The van der Waals surface area contributed by atoms with Crippen LogP contribution in [0.3, 0.4) is 0 Å². The summed E-state index contributed by atoms with van der Waals surface area (Å²) in [7, 11) is 0. The van der Waals surface area contributed by atoms with E-state index in [0.29, 0.717) is 11.6 Å². The van der Waals surface area contributed by atoms with Gasteiger partial charge in [0, 0.05) is 30.2 Å². The van der Waals surface area contributed by atoms with Gasteiger partial charge in [0.1, 0.15) is 0 Å². The van der Waals surface area contributed by atoms with E-state index in [2.05, 4.69) is 41.2 Å². The predicted octanol–water partition coefficient (Wildman–Crippen LogP) is 3.01. The number of carbonyl (C=O) groups is 1. The summed E-state index contributed by atoms with van der Waals surface area (Å²) in [6, 6.07) is 9.69. The number of anilines is 2. The Labute approximate surface area is 142 Å². The lowest BCUT2D eigenvalue weighted by molar-refractivity contribution is 0.0532. The second-order valence-corrected chi connectivity index (χ2v) is 6.49. The maximum absolute atomic E-state index is 12.3. The van der Waals surface area contributed by atoms with Crippen LogP contribution < -0.4 is 10.2 Å². The number of amides is 1. The topological polar surface area (TPSA) is 70.2 Å². The number of hydrogen-bond acceptors (Lipinski definition) is 4. The molecule has 0 bridgehead atoms. The summed E-state index contributed by atoms with van der Waals surface area (Å²) in [5.41, 5.74) is 3.27. The minimum absolute atomic E-state index is 0.203. The van der Waals surface area contributed by atoms with E-state index in [9.17, 15) is 4.79 Å². The first-order chi connectivity index (χ1) is 11.5. The Kier molecular flexibility index (Phi) is 4.85. The molecule has 6 heteroatoms. The lowest BCUT2D eigenvalue weighted by Crippen LogP contribution is -2.41.